The number of hydrogen-bond donors (Lipinski definition) is 1. The van der Waals surface area contributed by atoms with Crippen molar-refractivity contribution in [1.82, 2.24) is 14.7 Å². The summed E-state index contributed by atoms with van der Waals surface area (Å²) in [5.74, 6) is 0. The average Bonchev–Trinajstić information content (AvgIpc) is 2.38. The quantitative estimate of drug-likeness (QED) is 0.845. The minimum Gasteiger partial charge on any atom is -0.225 e. The summed E-state index contributed by atoms with van der Waals surface area (Å²) in [4.78, 5) is 7.31. The van der Waals surface area contributed by atoms with Crippen molar-refractivity contribution in [3.05, 3.63) is 52.5 Å². The Balaban J connectivity index is 2.07. The van der Waals surface area contributed by atoms with Gasteiger partial charge >= 0.3 is 0 Å². The molecule has 0 aliphatic carbocycles. The van der Waals surface area contributed by atoms with Crippen LogP contribution in [0.4, 0.5) is 0 Å². The van der Waals surface area contributed by atoms with Crippen LogP contribution in [0.2, 0.25) is 10.3 Å². The topological polar surface area (TPSA) is 72.0 Å². The summed E-state index contributed by atoms with van der Waals surface area (Å²) in [7, 11) is -3.67. The van der Waals surface area contributed by atoms with Crippen molar-refractivity contribution in [3.63, 3.8) is 0 Å². The first-order valence-electron chi connectivity index (χ1n) is 6.11. The molecule has 0 bridgehead atoms. The van der Waals surface area contributed by atoms with Gasteiger partial charge < -0.3 is 0 Å². The number of nitrogens with one attached hydrogen (secondary N) is 1. The van der Waals surface area contributed by atoms with Gasteiger partial charge in [0.1, 0.15) is 4.90 Å². The monoisotopic (exact) mass is 345 g/mol. The molecule has 0 radical (unpaired) electrons. The van der Waals surface area contributed by atoms with Crippen LogP contribution in [0.15, 0.2) is 41.6 Å². The molecule has 112 valence electrons. The second-order valence-electron chi connectivity index (χ2n) is 4.54. The van der Waals surface area contributed by atoms with E-state index >= 15 is 0 Å². The van der Waals surface area contributed by atoms with Crippen molar-refractivity contribution in [2.24, 2.45) is 0 Å². The molecule has 2 aromatic rings. The second kappa shape index (κ2) is 6.70. The lowest BCUT2D eigenvalue weighted by Crippen LogP contribution is -2.34. The molecule has 1 aromatic carbocycles. The molecule has 1 aromatic heterocycles. The van der Waals surface area contributed by atoms with Crippen molar-refractivity contribution in [2.75, 3.05) is 0 Å². The molecule has 1 unspecified atom stereocenters. The van der Waals surface area contributed by atoms with E-state index in [4.69, 9.17) is 23.2 Å². The van der Waals surface area contributed by atoms with Gasteiger partial charge in [-0.05, 0) is 42.6 Å². The molecular weight excluding hydrogens is 333 g/mol. The molecule has 2 rings (SSSR count). The van der Waals surface area contributed by atoms with Crippen LogP contribution in [0.5, 0.6) is 0 Å². The maximum Gasteiger partial charge on any atom is 0.243 e. The minimum atomic E-state index is -3.67. The van der Waals surface area contributed by atoms with Crippen LogP contribution in [-0.4, -0.2) is 24.4 Å². The fraction of sp³-hybridized carbons (Fsp3) is 0.231. The fourth-order valence-corrected chi connectivity index (χ4v) is 3.27. The number of halogens is 2. The van der Waals surface area contributed by atoms with Gasteiger partial charge in [0, 0.05) is 11.1 Å². The van der Waals surface area contributed by atoms with E-state index in [-0.39, 0.29) is 16.2 Å². The summed E-state index contributed by atoms with van der Waals surface area (Å²) in [6.45, 7) is 1.77. The molecule has 21 heavy (non-hydrogen) atoms. The Morgan fingerprint density at radius 2 is 1.90 bits per heavy atom. The van der Waals surface area contributed by atoms with E-state index in [9.17, 15) is 8.42 Å². The van der Waals surface area contributed by atoms with Gasteiger partial charge in [-0.25, -0.2) is 23.1 Å². The van der Waals surface area contributed by atoms with Crippen LogP contribution in [-0.2, 0) is 16.4 Å². The first kappa shape index (κ1) is 16.2. The van der Waals surface area contributed by atoms with E-state index in [1.807, 2.05) is 12.1 Å². The number of hydrogen-bond acceptors (Lipinski definition) is 4. The van der Waals surface area contributed by atoms with Crippen molar-refractivity contribution >= 4 is 33.2 Å². The number of aromatic nitrogens is 2. The zero-order valence-electron chi connectivity index (χ0n) is 11.1. The Labute approximate surface area is 133 Å². The smallest absolute Gasteiger partial charge is 0.225 e. The molecule has 5 nitrogen and oxygen atoms in total. The summed E-state index contributed by atoms with van der Waals surface area (Å²) in [5.41, 5.74) is 0.949. The molecule has 0 aliphatic heterocycles. The van der Waals surface area contributed by atoms with E-state index < -0.39 is 10.0 Å². The highest BCUT2D eigenvalue weighted by Crippen LogP contribution is 2.14. The molecule has 1 atom stereocenters. The molecule has 0 saturated carbocycles. The molecule has 0 saturated heterocycles. The third-order valence-electron chi connectivity index (χ3n) is 2.69. The Morgan fingerprint density at radius 3 is 2.52 bits per heavy atom. The van der Waals surface area contributed by atoms with E-state index in [1.54, 1.807) is 19.1 Å². The lowest BCUT2D eigenvalue weighted by Gasteiger charge is -2.14. The third-order valence-corrected chi connectivity index (χ3v) is 4.67. The summed E-state index contributed by atoms with van der Waals surface area (Å²) >= 11 is 11.4. The predicted molar refractivity (Wildman–Crippen MR) is 82.0 cm³/mol. The van der Waals surface area contributed by atoms with Gasteiger partial charge in [-0.2, -0.15) is 0 Å². The highest BCUT2D eigenvalue weighted by Gasteiger charge is 2.18. The molecule has 8 heteroatoms. The Bertz CT molecular complexity index is 720. The van der Waals surface area contributed by atoms with E-state index in [0.29, 0.717) is 11.4 Å². The summed E-state index contributed by atoms with van der Waals surface area (Å²) in [5, 5.41) is 0.620. The van der Waals surface area contributed by atoms with Gasteiger partial charge in [0.2, 0.25) is 15.3 Å². The van der Waals surface area contributed by atoms with Gasteiger partial charge in [0.05, 0.1) is 12.4 Å². The van der Waals surface area contributed by atoms with Crippen molar-refractivity contribution < 1.29 is 8.42 Å². The second-order valence-corrected chi connectivity index (χ2v) is 7.03. The molecular formula is C13H13Cl2N3O2S. The summed E-state index contributed by atoms with van der Waals surface area (Å²) in [6.07, 6.45) is 2.86. The van der Waals surface area contributed by atoms with Crippen LogP contribution in [0.1, 0.15) is 12.5 Å². The van der Waals surface area contributed by atoms with Gasteiger partial charge in [0.15, 0.2) is 0 Å². The van der Waals surface area contributed by atoms with Crippen molar-refractivity contribution in [3.8, 4) is 0 Å². The summed E-state index contributed by atoms with van der Waals surface area (Å²) < 4.78 is 26.9. The zero-order chi connectivity index (χ0) is 15.5. The minimum absolute atomic E-state index is 0.000857. The van der Waals surface area contributed by atoms with E-state index in [1.165, 1.54) is 12.4 Å². The van der Waals surface area contributed by atoms with Gasteiger partial charge in [-0.1, -0.05) is 23.7 Å². The maximum atomic E-state index is 12.2. The SMILES string of the molecule is CC(Cc1cccc(Cl)c1)NS(=O)(=O)c1cnc(Cl)nc1. The average molecular weight is 346 g/mol. The molecule has 0 fully saturated rings. The third kappa shape index (κ3) is 4.64. The van der Waals surface area contributed by atoms with Crippen molar-refractivity contribution in [1.29, 1.82) is 0 Å². The fourth-order valence-electron chi connectivity index (χ4n) is 1.83. The summed E-state index contributed by atoms with van der Waals surface area (Å²) in [6, 6.07) is 6.99. The van der Waals surface area contributed by atoms with Crippen LogP contribution in [0, 0.1) is 0 Å². The maximum absolute atomic E-state index is 12.2. The normalized spacial score (nSPS) is 13.1. The first-order chi connectivity index (χ1) is 9.87. The standard InChI is InChI=1S/C13H13Cl2N3O2S/c1-9(5-10-3-2-4-11(14)6-10)18-21(19,20)12-7-16-13(15)17-8-12/h2-4,6-9,18H,5H2,1H3. The van der Waals surface area contributed by atoms with Gasteiger partial charge in [0.25, 0.3) is 0 Å². The first-order valence-corrected chi connectivity index (χ1v) is 8.35. The zero-order valence-corrected chi connectivity index (χ0v) is 13.5. The molecule has 0 spiro atoms. The molecule has 1 heterocycles. The lowest BCUT2D eigenvalue weighted by atomic mass is 10.1. The number of nitrogens with zero attached hydrogens (tertiary/aromatic N) is 2. The molecule has 0 amide bonds. The largest absolute Gasteiger partial charge is 0.243 e. The Kier molecular flexibility index (Phi) is 5.16. The Hall–Kier alpha value is -1.21. The predicted octanol–water partition coefficient (Wildman–Crippen LogP) is 2.69. The lowest BCUT2D eigenvalue weighted by molar-refractivity contribution is 0.559. The number of sulfonamides is 1. The number of benzene rings is 1. The van der Waals surface area contributed by atoms with Crippen LogP contribution in [0.3, 0.4) is 0 Å². The van der Waals surface area contributed by atoms with Crippen LogP contribution >= 0.6 is 23.2 Å². The highest BCUT2D eigenvalue weighted by atomic mass is 35.5. The number of rotatable bonds is 5. The van der Waals surface area contributed by atoms with Crippen LogP contribution < -0.4 is 4.72 Å². The van der Waals surface area contributed by atoms with E-state index in [2.05, 4.69) is 14.7 Å². The molecule has 0 aliphatic rings. The van der Waals surface area contributed by atoms with Gasteiger partial charge in [-0.15, -0.1) is 0 Å². The molecule has 1 N–H and O–H groups in total. The van der Waals surface area contributed by atoms with E-state index in [0.717, 1.165) is 5.56 Å². The van der Waals surface area contributed by atoms with Crippen LogP contribution in [0.25, 0.3) is 0 Å². The van der Waals surface area contributed by atoms with Gasteiger partial charge in [-0.3, -0.25) is 0 Å². The Morgan fingerprint density at radius 1 is 1.24 bits per heavy atom. The highest BCUT2D eigenvalue weighted by molar-refractivity contribution is 7.89. The van der Waals surface area contributed by atoms with Crippen molar-refractivity contribution in [2.45, 2.75) is 24.3 Å².